The van der Waals surface area contributed by atoms with E-state index in [4.69, 9.17) is 0 Å². The summed E-state index contributed by atoms with van der Waals surface area (Å²) in [5.41, 5.74) is 0. The van der Waals surface area contributed by atoms with Crippen molar-refractivity contribution in [2.24, 2.45) is 11.8 Å². The summed E-state index contributed by atoms with van der Waals surface area (Å²) >= 11 is 0. The van der Waals surface area contributed by atoms with Crippen LogP contribution in [0.1, 0.15) is 78.1 Å². The SMILES string of the molecule is CCC(O)CCCCC1CCCCC1CC. The van der Waals surface area contributed by atoms with E-state index in [1.165, 1.54) is 51.4 Å². The zero-order valence-corrected chi connectivity index (χ0v) is 11.3. The standard InChI is InChI=1S/C15H30O/c1-3-13-9-5-6-10-14(13)11-7-8-12-15(16)4-2/h13-16H,3-12H2,1-2H3. The molecule has 1 fully saturated rings. The normalized spacial score (nSPS) is 27.9. The number of rotatable bonds is 7. The summed E-state index contributed by atoms with van der Waals surface area (Å²) in [5.74, 6) is 2.00. The van der Waals surface area contributed by atoms with E-state index in [1.807, 2.05) is 0 Å². The Balaban J connectivity index is 2.10. The highest BCUT2D eigenvalue weighted by atomic mass is 16.3. The van der Waals surface area contributed by atoms with Gasteiger partial charge < -0.3 is 5.11 Å². The fourth-order valence-electron chi connectivity index (χ4n) is 3.19. The van der Waals surface area contributed by atoms with Crippen LogP contribution in [-0.2, 0) is 0 Å². The number of unbranched alkanes of at least 4 members (excludes halogenated alkanes) is 1. The van der Waals surface area contributed by atoms with Gasteiger partial charge in [-0.25, -0.2) is 0 Å². The van der Waals surface area contributed by atoms with Gasteiger partial charge in [-0.3, -0.25) is 0 Å². The van der Waals surface area contributed by atoms with Gasteiger partial charge in [-0.15, -0.1) is 0 Å². The van der Waals surface area contributed by atoms with Gasteiger partial charge in [-0.1, -0.05) is 65.2 Å². The first kappa shape index (κ1) is 14.0. The Morgan fingerprint density at radius 1 is 1.06 bits per heavy atom. The Morgan fingerprint density at radius 3 is 2.38 bits per heavy atom. The molecule has 0 aliphatic heterocycles. The molecule has 96 valence electrons. The Hall–Kier alpha value is -0.0400. The Kier molecular flexibility index (Phi) is 7.11. The Morgan fingerprint density at radius 2 is 1.75 bits per heavy atom. The summed E-state index contributed by atoms with van der Waals surface area (Å²) < 4.78 is 0. The topological polar surface area (TPSA) is 20.2 Å². The van der Waals surface area contributed by atoms with E-state index in [2.05, 4.69) is 13.8 Å². The van der Waals surface area contributed by atoms with Crippen molar-refractivity contribution in [2.75, 3.05) is 0 Å². The molecule has 0 aromatic carbocycles. The summed E-state index contributed by atoms with van der Waals surface area (Å²) in [6.45, 7) is 4.42. The van der Waals surface area contributed by atoms with Gasteiger partial charge in [0, 0.05) is 0 Å². The second kappa shape index (κ2) is 8.11. The van der Waals surface area contributed by atoms with Crippen LogP contribution in [0.15, 0.2) is 0 Å². The highest BCUT2D eigenvalue weighted by Crippen LogP contribution is 2.35. The van der Waals surface area contributed by atoms with E-state index in [9.17, 15) is 5.11 Å². The number of aliphatic hydroxyl groups is 1. The van der Waals surface area contributed by atoms with Crippen molar-refractivity contribution in [2.45, 2.75) is 84.2 Å². The lowest BCUT2D eigenvalue weighted by atomic mass is 9.75. The van der Waals surface area contributed by atoms with Crippen LogP contribution < -0.4 is 0 Å². The third-order valence-corrected chi connectivity index (χ3v) is 4.42. The largest absolute Gasteiger partial charge is 0.393 e. The molecular weight excluding hydrogens is 196 g/mol. The van der Waals surface area contributed by atoms with E-state index in [0.29, 0.717) is 0 Å². The van der Waals surface area contributed by atoms with Gasteiger partial charge in [0.15, 0.2) is 0 Å². The molecule has 1 N–H and O–H groups in total. The van der Waals surface area contributed by atoms with Crippen LogP contribution in [0.3, 0.4) is 0 Å². The molecule has 0 spiro atoms. The predicted molar refractivity (Wildman–Crippen MR) is 70.5 cm³/mol. The van der Waals surface area contributed by atoms with Crippen molar-refractivity contribution in [3.8, 4) is 0 Å². The average molecular weight is 226 g/mol. The first-order valence-electron chi connectivity index (χ1n) is 7.46. The molecule has 1 saturated carbocycles. The average Bonchev–Trinajstić information content (AvgIpc) is 2.34. The van der Waals surface area contributed by atoms with Gasteiger partial charge in [-0.2, -0.15) is 0 Å². The zero-order chi connectivity index (χ0) is 11.8. The van der Waals surface area contributed by atoms with Crippen molar-refractivity contribution in [3.63, 3.8) is 0 Å². The second-order valence-electron chi connectivity index (χ2n) is 5.56. The zero-order valence-electron chi connectivity index (χ0n) is 11.3. The van der Waals surface area contributed by atoms with Gasteiger partial charge in [0.25, 0.3) is 0 Å². The molecule has 0 radical (unpaired) electrons. The molecule has 1 rings (SSSR count). The molecule has 3 unspecified atom stereocenters. The molecule has 16 heavy (non-hydrogen) atoms. The minimum atomic E-state index is -0.0478. The molecule has 1 nitrogen and oxygen atoms in total. The van der Waals surface area contributed by atoms with Gasteiger partial charge in [0.2, 0.25) is 0 Å². The molecule has 0 amide bonds. The fourth-order valence-corrected chi connectivity index (χ4v) is 3.19. The van der Waals surface area contributed by atoms with Crippen molar-refractivity contribution in [1.29, 1.82) is 0 Å². The Bertz CT molecular complexity index is 167. The molecule has 0 bridgehead atoms. The van der Waals surface area contributed by atoms with Crippen LogP contribution in [0.25, 0.3) is 0 Å². The summed E-state index contributed by atoms with van der Waals surface area (Å²) in [4.78, 5) is 0. The molecule has 1 aliphatic rings. The number of hydrogen-bond acceptors (Lipinski definition) is 1. The van der Waals surface area contributed by atoms with Gasteiger partial charge in [0.1, 0.15) is 0 Å². The number of hydrogen-bond donors (Lipinski definition) is 1. The molecule has 0 heterocycles. The molecule has 1 heteroatoms. The van der Waals surface area contributed by atoms with Crippen LogP contribution in [-0.4, -0.2) is 11.2 Å². The lowest BCUT2D eigenvalue weighted by Crippen LogP contribution is -2.18. The minimum absolute atomic E-state index is 0.0478. The van der Waals surface area contributed by atoms with Crippen molar-refractivity contribution in [1.82, 2.24) is 0 Å². The van der Waals surface area contributed by atoms with Crippen LogP contribution in [0.5, 0.6) is 0 Å². The number of aliphatic hydroxyl groups excluding tert-OH is 1. The van der Waals surface area contributed by atoms with Crippen molar-refractivity contribution in [3.05, 3.63) is 0 Å². The lowest BCUT2D eigenvalue weighted by Gasteiger charge is -2.31. The van der Waals surface area contributed by atoms with E-state index in [1.54, 1.807) is 0 Å². The lowest BCUT2D eigenvalue weighted by molar-refractivity contribution is 0.152. The minimum Gasteiger partial charge on any atom is -0.393 e. The van der Waals surface area contributed by atoms with Gasteiger partial charge >= 0.3 is 0 Å². The smallest absolute Gasteiger partial charge is 0.0537 e. The third-order valence-electron chi connectivity index (χ3n) is 4.42. The molecule has 0 saturated heterocycles. The van der Waals surface area contributed by atoms with Crippen molar-refractivity contribution >= 4 is 0 Å². The maximum Gasteiger partial charge on any atom is 0.0537 e. The predicted octanol–water partition coefficient (Wildman–Crippen LogP) is 4.53. The van der Waals surface area contributed by atoms with Gasteiger partial charge in [-0.05, 0) is 24.7 Å². The highest BCUT2D eigenvalue weighted by Gasteiger charge is 2.22. The summed E-state index contributed by atoms with van der Waals surface area (Å²) in [7, 11) is 0. The first-order chi connectivity index (χ1) is 7.77. The van der Waals surface area contributed by atoms with Crippen LogP contribution >= 0.6 is 0 Å². The van der Waals surface area contributed by atoms with Crippen LogP contribution in [0, 0.1) is 11.8 Å². The monoisotopic (exact) mass is 226 g/mol. The Labute approximate surface area is 102 Å². The van der Waals surface area contributed by atoms with Crippen molar-refractivity contribution < 1.29 is 5.11 Å². The highest BCUT2D eigenvalue weighted by molar-refractivity contribution is 4.74. The van der Waals surface area contributed by atoms with E-state index in [0.717, 1.165) is 24.7 Å². The molecule has 0 aromatic heterocycles. The fraction of sp³-hybridized carbons (Fsp3) is 1.00. The third kappa shape index (κ3) is 4.86. The molecule has 1 aliphatic carbocycles. The summed E-state index contributed by atoms with van der Waals surface area (Å²) in [5, 5.41) is 9.49. The van der Waals surface area contributed by atoms with Gasteiger partial charge in [0.05, 0.1) is 6.10 Å². The van der Waals surface area contributed by atoms with E-state index in [-0.39, 0.29) is 6.10 Å². The van der Waals surface area contributed by atoms with E-state index < -0.39 is 0 Å². The van der Waals surface area contributed by atoms with Crippen LogP contribution in [0.2, 0.25) is 0 Å². The first-order valence-corrected chi connectivity index (χ1v) is 7.46. The quantitative estimate of drug-likeness (QED) is 0.632. The molecule has 0 aromatic rings. The second-order valence-corrected chi connectivity index (χ2v) is 5.56. The maximum atomic E-state index is 9.49. The van der Waals surface area contributed by atoms with E-state index >= 15 is 0 Å². The maximum absolute atomic E-state index is 9.49. The summed E-state index contributed by atoms with van der Waals surface area (Å²) in [6, 6.07) is 0. The summed E-state index contributed by atoms with van der Waals surface area (Å²) in [6.07, 6.45) is 13.1. The molecule has 3 atom stereocenters. The van der Waals surface area contributed by atoms with Crippen LogP contribution in [0.4, 0.5) is 0 Å². The molecular formula is C15H30O.